The molecule has 1 aliphatic carbocycles. The third-order valence-corrected chi connectivity index (χ3v) is 5.38. The lowest BCUT2D eigenvalue weighted by Crippen LogP contribution is -2.38. The fourth-order valence-electron chi connectivity index (χ4n) is 3.66. The number of aliphatic carboxylic acids is 1. The maximum atomic E-state index is 12.9. The average molecular weight is 395 g/mol. The Kier molecular flexibility index (Phi) is 6.16. The predicted molar refractivity (Wildman–Crippen MR) is 110 cm³/mol. The van der Waals surface area contributed by atoms with Crippen LogP contribution in [0.5, 0.6) is 5.75 Å². The summed E-state index contributed by atoms with van der Waals surface area (Å²) in [7, 11) is 1.52. The van der Waals surface area contributed by atoms with E-state index in [0.717, 1.165) is 11.1 Å². The molecule has 0 radical (unpaired) electrons. The second-order valence-corrected chi connectivity index (χ2v) is 7.27. The standard InChI is InChI=1S/C22H25N3O4/c1-29-19-11-8-16(13-2-4-14(5-3-13)20(23)24)12-18(19)21(26)25-17-9-6-15(7-10-17)22(27)28/h2-5,8,11-12,15,17H,6-7,9-10H2,1H3,(H3,23,24)(H,25,26)(H,27,28). The van der Waals surface area contributed by atoms with Crippen molar-refractivity contribution in [3.05, 3.63) is 53.6 Å². The molecular weight excluding hydrogens is 370 g/mol. The molecule has 152 valence electrons. The van der Waals surface area contributed by atoms with E-state index in [1.54, 1.807) is 24.3 Å². The summed E-state index contributed by atoms with van der Waals surface area (Å²) in [5.74, 6) is -0.837. The molecule has 0 saturated heterocycles. The molecule has 3 rings (SSSR count). The summed E-state index contributed by atoms with van der Waals surface area (Å²) in [5.41, 5.74) is 8.31. The van der Waals surface area contributed by atoms with Gasteiger partial charge in [0.15, 0.2) is 0 Å². The molecule has 1 amide bonds. The quantitative estimate of drug-likeness (QED) is 0.442. The van der Waals surface area contributed by atoms with Crippen molar-refractivity contribution in [3.63, 3.8) is 0 Å². The van der Waals surface area contributed by atoms with E-state index < -0.39 is 5.97 Å². The van der Waals surface area contributed by atoms with Crippen LogP contribution in [0.4, 0.5) is 0 Å². The maximum Gasteiger partial charge on any atom is 0.306 e. The lowest BCUT2D eigenvalue weighted by Gasteiger charge is -2.27. The van der Waals surface area contributed by atoms with Gasteiger partial charge < -0.3 is 20.9 Å². The minimum atomic E-state index is -0.764. The summed E-state index contributed by atoms with van der Waals surface area (Å²) in [6.45, 7) is 0. The number of benzene rings is 2. The van der Waals surface area contributed by atoms with Crippen LogP contribution in [-0.4, -0.2) is 36.0 Å². The number of carbonyl (C=O) groups is 2. The highest BCUT2D eigenvalue weighted by Gasteiger charge is 2.27. The van der Waals surface area contributed by atoms with Crippen molar-refractivity contribution in [2.75, 3.05) is 7.11 Å². The van der Waals surface area contributed by atoms with Crippen molar-refractivity contribution < 1.29 is 19.4 Å². The summed E-state index contributed by atoms with van der Waals surface area (Å²) in [6.07, 6.45) is 2.44. The number of amidine groups is 1. The van der Waals surface area contributed by atoms with Crippen LogP contribution in [0, 0.1) is 11.3 Å². The van der Waals surface area contributed by atoms with Gasteiger partial charge in [-0.2, -0.15) is 0 Å². The number of hydrogen-bond donors (Lipinski definition) is 4. The van der Waals surface area contributed by atoms with Gasteiger partial charge in [0.2, 0.25) is 0 Å². The lowest BCUT2D eigenvalue weighted by molar-refractivity contribution is -0.142. The van der Waals surface area contributed by atoms with Crippen LogP contribution in [0.1, 0.15) is 41.6 Å². The summed E-state index contributed by atoms with van der Waals surface area (Å²) in [4.78, 5) is 24.0. The van der Waals surface area contributed by atoms with Crippen molar-refractivity contribution in [1.29, 1.82) is 5.41 Å². The summed E-state index contributed by atoms with van der Waals surface area (Å²) >= 11 is 0. The number of nitrogens with two attached hydrogens (primary N) is 1. The molecule has 0 unspecified atom stereocenters. The molecule has 0 aromatic heterocycles. The van der Waals surface area contributed by atoms with Crippen molar-refractivity contribution in [2.24, 2.45) is 11.7 Å². The third-order valence-electron chi connectivity index (χ3n) is 5.38. The zero-order chi connectivity index (χ0) is 21.0. The van der Waals surface area contributed by atoms with Crippen LogP contribution < -0.4 is 15.8 Å². The second kappa shape index (κ2) is 8.77. The average Bonchev–Trinajstić information content (AvgIpc) is 2.73. The van der Waals surface area contributed by atoms with Gasteiger partial charge >= 0.3 is 5.97 Å². The number of amides is 1. The van der Waals surface area contributed by atoms with Gasteiger partial charge in [-0.3, -0.25) is 15.0 Å². The SMILES string of the molecule is COc1ccc(-c2ccc(C(=N)N)cc2)cc1C(=O)NC1CCC(C(=O)O)CC1. The van der Waals surface area contributed by atoms with Crippen LogP contribution in [0.15, 0.2) is 42.5 Å². The second-order valence-electron chi connectivity index (χ2n) is 7.27. The highest BCUT2D eigenvalue weighted by Crippen LogP contribution is 2.29. The summed E-state index contributed by atoms with van der Waals surface area (Å²) in [6, 6.07) is 12.6. The maximum absolute atomic E-state index is 12.9. The first-order valence-corrected chi connectivity index (χ1v) is 9.55. The van der Waals surface area contributed by atoms with Crippen molar-refractivity contribution in [1.82, 2.24) is 5.32 Å². The number of carbonyl (C=O) groups excluding carboxylic acids is 1. The first-order chi connectivity index (χ1) is 13.9. The molecule has 5 N–H and O–H groups in total. The van der Waals surface area contributed by atoms with E-state index in [4.69, 9.17) is 21.0 Å². The van der Waals surface area contributed by atoms with Gasteiger partial charge in [0.05, 0.1) is 18.6 Å². The predicted octanol–water partition coefficient (Wildman–Crippen LogP) is 3.02. The lowest BCUT2D eigenvalue weighted by atomic mass is 9.86. The van der Waals surface area contributed by atoms with Gasteiger partial charge in [0.1, 0.15) is 11.6 Å². The Hall–Kier alpha value is -3.35. The van der Waals surface area contributed by atoms with Gasteiger partial charge in [0, 0.05) is 11.6 Å². The number of nitrogens with one attached hydrogen (secondary N) is 2. The molecular formula is C22H25N3O4. The normalized spacial score (nSPS) is 18.7. The minimum Gasteiger partial charge on any atom is -0.496 e. The molecule has 1 aliphatic rings. The molecule has 7 nitrogen and oxygen atoms in total. The molecule has 0 spiro atoms. The first kappa shape index (κ1) is 20.4. The number of hydrogen-bond acceptors (Lipinski definition) is 4. The number of rotatable bonds is 6. The Morgan fingerprint density at radius 2 is 1.69 bits per heavy atom. The Balaban J connectivity index is 1.77. The smallest absolute Gasteiger partial charge is 0.306 e. The molecule has 2 aromatic carbocycles. The topological polar surface area (TPSA) is 125 Å². The molecule has 1 fully saturated rings. The van der Waals surface area contributed by atoms with Crippen molar-refractivity contribution in [3.8, 4) is 16.9 Å². The molecule has 1 saturated carbocycles. The molecule has 29 heavy (non-hydrogen) atoms. The fraction of sp³-hybridized carbons (Fsp3) is 0.318. The number of carboxylic acids is 1. The van der Waals surface area contributed by atoms with Crippen LogP contribution in [-0.2, 0) is 4.79 Å². The monoisotopic (exact) mass is 395 g/mol. The van der Waals surface area contributed by atoms with Crippen LogP contribution >= 0.6 is 0 Å². The minimum absolute atomic E-state index is 0.00367. The Morgan fingerprint density at radius 1 is 1.07 bits per heavy atom. The van der Waals surface area contributed by atoms with E-state index in [1.807, 2.05) is 18.2 Å². The van der Waals surface area contributed by atoms with Crippen molar-refractivity contribution >= 4 is 17.7 Å². The summed E-state index contributed by atoms with van der Waals surface area (Å²) in [5, 5.41) is 19.6. The van der Waals surface area contributed by atoms with Gasteiger partial charge in [-0.1, -0.05) is 30.3 Å². The number of nitrogen functional groups attached to an aromatic ring is 1. The number of carboxylic acid groups (broad SMARTS) is 1. The Bertz CT molecular complexity index is 916. The van der Waals surface area contributed by atoms with Gasteiger partial charge in [0.25, 0.3) is 5.91 Å². The molecule has 0 aliphatic heterocycles. The van der Waals surface area contributed by atoms with Gasteiger partial charge in [-0.15, -0.1) is 0 Å². The van der Waals surface area contributed by atoms with E-state index in [0.29, 0.717) is 42.6 Å². The summed E-state index contributed by atoms with van der Waals surface area (Å²) < 4.78 is 5.36. The molecule has 0 bridgehead atoms. The third kappa shape index (κ3) is 4.74. The highest BCUT2D eigenvalue weighted by atomic mass is 16.5. The van der Waals surface area contributed by atoms with E-state index in [-0.39, 0.29) is 23.7 Å². The Labute approximate surface area is 169 Å². The van der Waals surface area contributed by atoms with Crippen LogP contribution in [0.2, 0.25) is 0 Å². The largest absolute Gasteiger partial charge is 0.496 e. The van der Waals surface area contributed by atoms with E-state index in [1.165, 1.54) is 7.11 Å². The van der Waals surface area contributed by atoms with E-state index in [2.05, 4.69) is 5.32 Å². The Morgan fingerprint density at radius 3 is 2.24 bits per heavy atom. The van der Waals surface area contributed by atoms with E-state index in [9.17, 15) is 9.59 Å². The zero-order valence-electron chi connectivity index (χ0n) is 16.3. The fourth-order valence-corrected chi connectivity index (χ4v) is 3.66. The first-order valence-electron chi connectivity index (χ1n) is 9.55. The highest BCUT2D eigenvalue weighted by molar-refractivity contribution is 5.99. The van der Waals surface area contributed by atoms with Crippen molar-refractivity contribution in [2.45, 2.75) is 31.7 Å². The number of ether oxygens (including phenoxy) is 1. The number of methoxy groups -OCH3 is 1. The molecule has 0 heterocycles. The zero-order valence-corrected chi connectivity index (χ0v) is 16.3. The van der Waals surface area contributed by atoms with Gasteiger partial charge in [-0.25, -0.2) is 0 Å². The van der Waals surface area contributed by atoms with E-state index >= 15 is 0 Å². The van der Waals surface area contributed by atoms with Crippen LogP contribution in [0.25, 0.3) is 11.1 Å². The van der Waals surface area contributed by atoms with Crippen LogP contribution in [0.3, 0.4) is 0 Å². The van der Waals surface area contributed by atoms with Gasteiger partial charge in [-0.05, 0) is 48.9 Å². The molecule has 2 aromatic rings. The molecule has 0 atom stereocenters. The molecule has 7 heteroatoms.